The molecule has 0 saturated heterocycles. The highest BCUT2D eigenvalue weighted by atomic mass is 32.1. The minimum atomic E-state index is -0.280. The van der Waals surface area contributed by atoms with Crippen LogP contribution in [0.3, 0.4) is 0 Å². The monoisotopic (exact) mass is 251 g/mol. The van der Waals surface area contributed by atoms with E-state index in [0.717, 1.165) is 10.1 Å². The van der Waals surface area contributed by atoms with Crippen molar-refractivity contribution in [1.29, 1.82) is 0 Å². The zero-order valence-corrected chi connectivity index (χ0v) is 10.8. The number of thiophene rings is 1. The van der Waals surface area contributed by atoms with Gasteiger partial charge in [0.2, 0.25) is 0 Å². The van der Waals surface area contributed by atoms with Crippen LogP contribution in [-0.4, -0.2) is 11.4 Å². The van der Waals surface area contributed by atoms with E-state index < -0.39 is 0 Å². The first-order chi connectivity index (χ1) is 7.85. The van der Waals surface area contributed by atoms with Gasteiger partial charge in [-0.3, -0.25) is 4.79 Å². The second-order valence-corrected chi connectivity index (χ2v) is 6.08. The Labute approximate surface area is 103 Å². The van der Waals surface area contributed by atoms with Crippen molar-refractivity contribution in [2.75, 3.05) is 0 Å². The first-order valence-electron chi connectivity index (χ1n) is 5.37. The SMILES string of the molecule is CC(C)(C)NC(=O)c1cc2cc(F)ccc2s1. The van der Waals surface area contributed by atoms with Crippen molar-refractivity contribution in [3.05, 3.63) is 35.0 Å². The van der Waals surface area contributed by atoms with Crippen LogP contribution in [0, 0.1) is 5.82 Å². The Kier molecular flexibility index (Phi) is 2.91. The van der Waals surface area contributed by atoms with Crippen molar-refractivity contribution in [3.8, 4) is 0 Å². The number of amides is 1. The number of hydrogen-bond donors (Lipinski definition) is 1. The van der Waals surface area contributed by atoms with Crippen LogP contribution in [0.4, 0.5) is 4.39 Å². The van der Waals surface area contributed by atoms with Crippen LogP contribution in [-0.2, 0) is 0 Å². The predicted octanol–water partition coefficient (Wildman–Crippen LogP) is 3.57. The Hall–Kier alpha value is -1.42. The molecule has 0 unspecified atom stereocenters. The number of halogens is 1. The summed E-state index contributed by atoms with van der Waals surface area (Å²) < 4.78 is 13.9. The van der Waals surface area contributed by atoms with E-state index in [2.05, 4.69) is 5.32 Å². The summed E-state index contributed by atoms with van der Waals surface area (Å²) in [5.74, 6) is -0.391. The van der Waals surface area contributed by atoms with Crippen molar-refractivity contribution < 1.29 is 9.18 Å². The molecule has 1 aromatic carbocycles. The molecule has 1 heterocycles. The molecule has 1 amide bonds. The molecule has 2 rings (SSSR count). The summed E-state index contributed by atoms with van der Waals surface area (Å²) in [6.45, 7) is 5.79. The number of rotatable bonds is 1. The van der Waals surface area contributed by atoms with Gasteiger partial charge in [0.05, 0.1) is 4.88 Å². The van der Waals surface area contributed by atoms with Crippen LogP contribution in [0.25, 0.3) is 10.1 Å². The van der Waals surface area contributed by atoms with Crippen molar-refractivity contribution in [1.82, 2.24) is 5.32 Å². The topological polar surface area (TPSA) is 29.1 Å². The lowest BCUT2D eigenvalue weighted by Gasteiger charge is -2.19. The van der Waals surface area contributed by atoms with Gasteiger partial charge < -0.3 is 5.32 Å². The third-order valence-corrected chi connectivity index (χ3v) is 3.31. The molecule has 90 valence electrons. The molecule has 0 bridgehead atoms. The molecule has 0 spiro atoms. The lowest BCUT2D eigenvalue weighted by atomic mass is 10.1. The standard InChI is InChI=1S/C13H14FNOS/c1-13(2,3)15-12(16)11-7-8-6-9(14)4-5-10(8)17-11/h4-7H,1-3H3,(H,15,16). The summed E-state index contributed by atoms with van der Waals surface area (Å²) >= 11 is 1.38. The Balaban J connectivity index is 2.33. The third-order valence-electron chi connectivity index (χ3n) is 2.19. The fourth-order valence-corrected chi connectivity index (χ4v) is 2.47. The molecule has 0 saturated carbocycles. The molecule has 0 aliphatic heterocycles. The Bertz CT molecular complexity index is 568. The summed E-state index contributed by atoms with van der Waals surface area (Å²) in [6, 6.07) is 6.28. The van der Waals surface area contributed by atoms with E-state index in [1.54, 1.807) is 12.1 Å². The zero-order chi connectivity index (χ0) is 12.6. The second kappa shape index (κ2) is 4.11. The van der Waals surface area contributed by atoms with Crippen LogP contribution in [0.2, 0.25) is 0 Å². The average Bonchev–Trinajstić information content (AvgIpc) is 2.57. The Morgan fingerprint density at radius 1 is 1.29 bits per heavy atom. The molecule has 2 aromatic rings. The summed E-state index contributed by atoms with van der Waals surface area (Å²) in [5, 5.41) is 3.66. The van der Waals surface area contributed by atoms with E-state index in [9.17, 15) is 9.18 Å². The summed E-state index contributed by atoms with van der Waals surface area (Å²) in [6.07, 6.45) is 0. The maximum absolute atomic E-state index is 13.0. The minimum Gasteiger partial charge on any atom is -0.347 e. The van der Waals surface area contributed by atoms with Gasteiger partial charge in [-0.25, -0.2) is 4.39 Å². The van der Waals surface area contributed by atoms with E-state index in [-0.39, 0.29) is 17.3 Å². The third kappa shape index (κ3) is 2.82. The molecule has 0 fully saturated rings. The van der Waals surface area contributed by atoms with E-state index in [1.807, 2.05) is 20.8 Å². The normalized spacial score (nSPS) is 11.8. The fraction of sp³-hybridized carbons (Fsp3) is 0.308. The van der Waals surface area contributed by atoms with Gasteiger partial charge in [-0.05, 0) is 50.4 Å². The highest BCUT2D eigenvalue weighted by Gasteiger charge is 2.17. The van der Waals surface area contributed by atoms with Gasteiger partial charge in [-0.15, -0.1) is 11.3 Å². The van der Waals surface area contributed by atoms with Crippen molar-refractivity contribution in [3.63, 3.8) is 0 Å². The summed E-state index contributed by atoms with van der Waals surface area (Å²) in [7, 11) is 0. The number of fused-ring (bicyclic) bond motifs is 1. The molecule has 1 aromatic heterocycles. The van der Waals surface area contributed by atoms with Gasteiger partial charge in [0.15, 0.2) is 0 Å². The van der Waals surface area contributed by atoms with Crippen LogP contribution in [0.5, 0.6) is 0 Å². The molecule has 0 radical (unpaired) electrons. The van der Waals surface area contributed by atoms with Gasteiger partial charge in [0.1, 0.15) is 5.82 Å². The number of nitrogens with one attached hydrogen (secondary N) is 1. The zero-order valence-electron chi connectivity index (χ0n) is 10.0. The molecule has 0 aliphatic carbocycles. The Morgan fingerprint density at radius 3 is 2.65 bits per heavy atom. The summed E-state index contributed by atoms with van der Waals surface area (Å²) in [4.78, 5) is 12.5. The molecular formula is C13H14FNOS. The average molecular weight is 251 g/mol. The predicted molar refractivity (Wildman–Crippen MR) is 69.0 cm³/mol. The highest BCUT2D eigenvalue weighted by molar-refractivity contribution is 7.20. The second-order valence-electron chi connectivity index (χ2n) is 5.00. The van der Waals surface area contributed by atoms with E-state index in [1.165, 1.54) is 23.5 Å². The van der Waals surface area contributed by atoms with Crippen molar-refractivity contribution >= 4 is 27.3 Å². The lowest BCUT2D eigenvalue weighted by molar-refractivity contribution is 0.0924. The molecule has 0 atom stereocenters. The summed E-state index contributed by atoms with van der Waals surface area (Å²) in [5.41, 5.74) is -0.265. The molecule has 2 nitrogen and oxygen atoms in total. The maximum Gasteiger partial charge on any atom is 0.261 e. The number of hydrogen-bond acceptors (Lipinski definition) is 2. The van der Waals surface area contributed by atoms with Crippen LogP contribution in [0.15, 0.2) is 24.3 Å². The van der Waals surface area contributed by atoms with E-state index in [0.29, 0.717) is 4.88 Å². The van der Waals surface area contributed by atoms with Gasteiger partial charge in [0, 0.05) is 10.2 Å². The number of carbonyl (C=O) groups excluding carboxylic acids is 1. The van der Waals surface area contributed by atoms with Gasteiger partial charge in [-0.1, -0.05) is 0 Å². The van der Waals surface area contributed by atoms with Crippen molar-refractivity contribution in [2.45, 2.75) is 26.3 Å². The highest BCUT2D eigenvalue weighted by Crippen LogP contribution is 2.26. The van der Waals surface area contributed by atoms with Gasteiger partial charge >= 0.3 is 0 Å². The quantitative estimate of drug-likeness (QED) is 0.824. The largest absolute Gasteiger partial charge is 0.347 e. The smallest absolute Gasteiger partial charge is 0.261 e. The minimum absolute atomic E-state index is 0.112. The van der Waals surface area contributed by atoms with E-state index >= 15 is 0 Å². The maximum atomic E-state index is 13.0. The number of benzene rings is 1. The van der Waals surface area contributed by atoms with Crippen molar-refractivity contribution in [2.24, 2.45) is 0 Å². The first kappa shape index (κ1) is 12.0. The first-order valence-corrected chi connectivity index (χ1v) is 6.18. The molecular weight excluding hydrogens is 237 g/mol. The van der Waals surface area contributed by atoms with Crippen LogP contribution < -0.4 is 5.32 Å². The van der Waals surface area contributed by atoms with Crippen LogP contribution in [0.1, 0.15) is 30.4 Å². The molecule has 0 aliphatic rings. The van der Waals surface area contributed by atoms with Gasteiger partial charge in [0.25, 0.3) is 5.91 Å². The molecule has 17 heavy (non-hydrogen) atoms. The fourth-order valence-electron chi connectivity index (χ4n) is 1.53. The van der Waals surface area contributed by atoms with Crippen LogP contribution >= 0.6 is 11.3 Å². The number of carbonyl (C=O) groups is 1. The molecule has 4 heteroatoms. The Morgan fingerprint density at radius 2 is 2.00 bits per heavy atom. The molecule has 1 N–H and O–H groups in total. The lowest BCUT2D eigenvalue weighted by Crippen LogP contribution is -2.40. The van der Waals surface area contributed by atoms with E-state index in [4.69, 9.17) is 0 Å². The van der Waals surface area contributed by atoms with Gasteiger partial charge in [-0.2, -0.15) is 0 Å².